The lowest BCUT2D eigenvalue weighted by molar-refractivity contribution is -0.119. The van der Waals surface area contributed by atoms with Gasteiger partial charge < -0.3 is 21.1 Å². The largest absolute Gasteiger partial charge is 0.484 e. The van der Waals surface area contributed by atoms with Gasteiger partial charge in [-0.25, -0.2) is 0 Å². The van der Waals surface area contributed by atoms with Crippen molar-refractivity contribution in [1.29, 1.82) is 0 Å². The fraction of sp³-hybridized carbons (Fsp3) is 0.333. The van der Waals surface area contributed by atoms with Crippen LogP contribution in [0.1, 0.15) is 16.8 Å². The predicted molar refractivity (Wildman–Crippen MR) is 79.0 cm³/mol. The van der Waals surface area contributed by atoms with E-state index in [2.05, 4.69) is 16.7 Å². The second-order valence-corrected chi connectivity index (χ2v) is 4.78. The van der Waals surface area contributed by atoms with Crippen molar-refractivity contribution in [2.24, 2.45) is 5.73 Å². The minimum Gasteiger partial charge on any atom is -0.484 e. The van der Waals surface area contributed by atoms with Crippen LogP contribution in [0.2, 0.25) is 0 Å². The van der Waals surface area contributed by atoms with Gasteiger partial charge in [0, 0.05) is 18.7 Å². The summed E-state index contributed by atoms with van der Waals surface area (Å²) in [5, 5.41) is 6.11. The highest BCUT2D eigenvalue weighted by molar-refractivity contribution is 5.94. The lowest BCUT2D eigenvalue weighted by Gasteiger charge is -2.14. The van der Waals surface area contributed by atoms with Gasteiger partial charge in [0.2, 0.25) is 0 Å². The van der Waals surface area contributed by atoms with E-state index in [1.165, 1.54) is 5.57 Å². The molecule has 0 aromatic heterocycles. The number of hydrogen-bond acceptors (Lipinski definition) is 4. The Morgan fingerprint density at radius 2 is 2.05 bits per heavy atom. The van der Waals surface area contributed by atoms with Crippen molar-refractivity contribution in [1.82, 2.24) is 10.6 Å². The zero-order valence-corrected chi connectivity index (χ0v) is 11.7. The van der Waals surface area contributed by atoms with Crippen LogP contribution in [0, 0.1) is 0 Å². The number of amides is 2. The van der Waals surface area contributed by atoms with E-state index in [9.17, 15) is 9.59 Å². The molecule has 2 rings (SSSR count). The van der Waals surface area contributed by atoms with E-state index in [4.69, 9.17) is 10.5 Å². The van der Waals surface area contributed by atoms with Crippen LogP contribution in [0.4, 0.5) is 0 Å². The lowest BCUT2D eigenvalue weighted by atomic mass is 10.1. The van der Waals surface area contributed by atoms with Gasteiger partial charge in [-0.2, -0.15) is 0 Å². The van der Waals surface area contributed by atoms with Gasteiger partial charge in [0.15, 0.2) is 6.61 Å². The van der Waals surface area contributed by atoms with Crippen LogP contribution in [0.15, 0.2) is 35.9 Å². The van der Waals surface area contributed by atoms with Gasteiger partial charge >= 0.3 is 0 Å². The van der Waals surface area contributed by atoms with Crippen molar-refractivity contribution in [2.45, 2.75) is 6.42 Å². The summed E-state index contributed by atoms with van der Waals surface area (Å²) >= 11 is 0. The molecule has 0 unspecified atom stereocenters. The van der Waals surface area contributed by atoms with Gasteiger partial charge in [0.1, 0.15) is 5.75 Å². The topological polar surface area (TPSA) is 93.5 Å². The average molecular weight is 289 g/mol. The third-order valence-corrected chi connectivity index (χ3v) is 3.13. The van der Waals surface area contributed by atoms with E-state index in [0.717, 1.165) is 19.5 Å². The first-order valence-electron chi connectivity index (χ1n) is 6.83. The van der Waals surface area contributed by atoms with E-state index >= 15 is 0 Å². The number of carbonyl (C=O) groups excluding carboxylic acids is 2. The maximum atomic E-state index is 12.0. The van der Waals surface area contributed by atoms with Gasteiger partial charge in [-0.1, -0.05) is 11.6 Å². The van der Waals surface area contributed by atoms with Crippen LogP contribution < -0.4 is 21.1 Å². The lowest BCUT2D eigenvalue weighted by Crippen LogP contribution is -2.29. The number of primary amides is 1. The van der Waals surface area contributed by atoms with Gasteiger partial charge in [-0.3, -0.25) is 9.59 Å². The number of benzene rings is 1. The third kappa shape index (κ3) is 4.92. The molecule has 0 aliphatic carbocycles. The highest BCUT2D eigenvalue weighted by atomic mass is 16.5. The van der Waals surface area contributed by atoms with Crippen LogP contribution in [0.5, 0.6) is 5.75 Å². The van der Waals surface area contributed by atoms with E-state index < -0.39 is 5.91 Å². The number of carbonyl (C=O) groups is 2. The number of nitrogens with one attached hydrogen (secondary N) is 2. The summed E-state index contributed by atoms with van der Waals surface area (Å²) in [5.74, 6) is -0.158. The van der Waals surface area contributed by atoms with Gasteiger partial charge in [0.25, 0.3) is 11.8 Å². The van der Waals surface area contributed by atoms with Crippen LogP contribution >= 0.6 is 0 Å². The molecule has 112 valence electrons. The molecule has 1 aromatic rings. The quantitative estimate of drug-likeness (QED) is 0.652. The molecule has 0 fully saturated rings. The molecule has 4 N–H and O–H groups in total. The highest BCUT2D eigenvalue weighted by Crippen LogP contribution is 2.12. The molecule has 0 saturated carbocycles. The molecule has 0 radical (unpaired) electrons. The molecular weight excluding hydrogens is 270 g/mol. The van der Waals surface area contributed by atoms with Crippen LogP contribution in [0.3, 0.4) is 0 Å². The second kappa shape index (κ2) is 7.44. The zero-order chi connectivity index (χ0) is 15.1. The fourth-order valence-electron chi connectivity index (χ4n) is 1.98. The summed E-state index contributed by atoms with van der Waals surface area (Å²) in [6.45, 7) is 2.21. The summed E-state index contributed by atoms with van der Waals surface area (Å²) in [5.41, 5.74) is 6.78. The Morgan fingerprint density at radius 1 is 1.29 bits per heavy atom. The second-order valence-electron chi connectivity index (χ2n) is 4.78. The summed E-state index contributed by atoms with van der Waals surface area (Å²) in [6.07, 6.45) is 3.06. The normalized spacial score (nSPS) is 14.2. The monoisotopic (exact) mass is 289 g/mol. The van der Waals surface area contributed by atoms with Crippen molar-refractivity contribution in [3.8, 4) is 5.75 Å². The predicted octanol–water partition coefficient (Wildman–Crippen LogP) is 0.200. The molecule has 0 bridgehead atoms. The van der Waals surface area contributed by atoms with Gasteiger partial charge in [-0.05, 0) is 37.2 Å². The maximum Gasteiger partial charge on any atom is 0.255 e. The van der Waals surface area contributed by atoms with Crippen LogP contribution in [-0.2, 0) is 4.79 Å². The Bertz CT molecular complexity index is 538. The van der Waals surface area contributed by atoms with E-state index in [1.54, 1.807) is 24.3 Å². The van der Waals surface area contributed by atoms with E-state index in [1.807, 2.05) is 0 Å². The van der Waals surface area contributed by atoms with Gasteiger partial charge in [-0.15, -0.1) is 0 Å². The summed E-state index contributed by atoms with van der Waals surface area (Å²) < 4.78 is 5.13. The Morgan fingerprint density at radius 3 is 2.67 bits per heavy atom. The molecule has 1 aliphatic heterocycles. The molecular formula is C15H19N3O3. The molecule has 1 aromatic carbocycles. The van der Waals surface area contributed by atoms with Crippen molar-refractivity contribution in [3.05, 3.63) is 41.5 Å². The summed E-state index contributed by atoms with van der Waals surface area (Å²) in [4.78, 5) is 22.6. The first-order chi connectivity index (χ1) is 10.1. The average Bonchev–Trinajstić information content (AvgIpc) is 2.52. The zero-order valence-electron chi connectivity index (χ0n) is 11.7. The Hall–Kier alpha value is -2.34. The Labute approximate surface area is 123 Å². The molecule has 0 saturated heterocycles. The molecule has 0 atom stereocenters. The summed E-state index contributed by atoms with van der Waals surface area (Å²) in [7, 11) is 0. The van der Waals surface area contributed by atoms with Crippen LogP contribution in [0.25, 0.3) is 0 Å². The summed E-state index contributed by atoms with van der Waals surface area (Å²) in [6, 6.07) is 6.59. The maximum absolute atomic E-state index is 12.0. The Kier molecular flexibility index (Phi) is 5.34. The van der Waals surface area contributed by atoms with Crippen molar-refractivity contribution >= 4 is 11.8 Å². The minimum absolute atomic E-state index is 0.129. The number of hydrogen-bond donors (Lipinski definition) is 3. The smallest absolute Gasteiger partial charge is 0.255 e. The molecule has 6 nitrogen and oxygen atoms in total. The molecule has 21 heavy (non-hydrogen) atoms. The first kappa shape index (κ1) is 15.1. The van der Waals surface area contributed by atoms with Crippen LogP contribution in [-0.4, -0.2) is 38.1 Å². The fourth-order valence-corrected chi connectivity index (χ4v) is 1.98. The number of rotatable bonds is 6. The molecule has 0 spiro atoms. The molecule has 6 heteroatoms. The van der Waals surface area contributed by atoms with Gasteiger partial charge in [0.05, 0.1) is 0 Å². The van der Waals surface area contributed by atoms with Crippen molar-refractivity contribution < 1.29 is 14.3 Å². The van der Waals surface area contributed by atoms with Crippen molar-refractivity contribution in [3.63, 3.8) is 0 Å². The highest BCUT2D eigenvalue weighted by Gasteiger charge is 2.08. The Balaban J connectivity index is 1.84. The first-order valence-corrected chi connectivity index (χ1v) is 6.83. The SMILES string of the molecule is NC(=O)COc1ccc(C(=O)NCC2=CCNCC2)cc1. The number of nitrogens with two attached hydrogens (primary N) is 1. The van der Waals surface area contributed by atoms with E-state index in [-0.39, 0.29) is 12.5 Å². The standard InChI is InChI=1S/C15H19N3O3/c16-14(19)10-21-13-3-1-12(2-4-13)15(20)18-9-11-5-7-17-8-6-11/h1-5,17H,6-10H2,(H2,16,19)(H,18,20). The molecule has 1 heterocycles. The van der Waals surface area contributed by atoms with E-state index in [0.29, 0.717) is 17.9 Å². The molecule has 1 aliphatic rings. The van der Waals surface area contributed by atoms with Crippen molar-refractivity contribution in [2.75, 3.05) is 26.2 Å². The minimum atomic E-state index is -0.535. The number of ether oxygens (including phenoxy) is 1. The third-order valence-electron chi connectivity index (χ3n) is 3.13. The molecule has 2 amide bonds.